The van der Waals surface area contributed by atoms with Crippen LogP contribution in [0.3, 0.4) is 0 Å². The van der Waals surface area contributed by atoms with E-state index in [2.05, 4.69) is 31.3 Å². The smallest absolute Gasteiger partial charge is 0.240 e. The third kappa shape index (κ3) is 3.62. The Morgan fingerprint density at radius 3 is 2.71 bits per heavy atom. The summed E-state index contributed by atoms with van der Waals surface area (Å²) in [4.78, 5) is 11.3. The van der Waals surface area contributed by atoms with E-state index in [-0.39, 0.29) is 11.8 Å². The molecule has 0 radical (unpaired) electrons. The number of nitrogens with zero attached hydrogens (tertiary/aromatic N) is 4. The Hall–Kier alpha value is -3.09. The van der Waals surface area contributed by atoms with Gasteiger partial charge in [0.05, 0.1) is 29.5 Å². The molecule has 0 aliphatic carbocycles. The molecule has 0 fully saturated rings. The number of carbonyl (C=O) groups excluding carboxylic acids is 1. The molecule has 3 rings (SSSR count). The maximum Gasteiger partial charge on any atom is 0.240 e. The van der Waals surface area contributed by atoms with Crippen LogP contribution in [0.5, 0.6) is 0 Å². The second kappa shape index (κ2) is 6.99. The second-order valence-corrected chi connectivity index (χ2v) is 5.65. The van der Waals surface area contributed by atoms with Crippen molar-refractivity contribution < 1.29 is 4.79 Å². The van der Waals surface area contributed by atoms with Crippen molar-refractivity contribution in [3.63, 3.8) is 0 Å². The Balaban J connectivity index is 1.70. The Bertz CT molecular complexity index is 782. The van der Waals surface area contributed by atoms with Gasteiger partial charge in [-0.15, -0.1) is 0 Å². The summed E-state index contributed by atoms with van der Waals surface area (Å²) in [5.74, 6) is 0.0666. The largest absolute Gasteiger partial charge is 0.278 e. The van der Waals surface area contributed by atoms with E-state index >= 15 is 0 Å². The van der Waals surface area contributed by atoms with E-state index in [9.17, 15) is 4.79 Å². The highest BCUT2D eigenvalue weighted by atomic mass is 16.2. The van der Waals surface area contributed by atoms with Gasteiger partial charge in [-0.05, 0) is 30.7 Å². The zero-order valence-corrected chi connectivity index (χ0v) is 13.5. The predicted molar refractivity (Wildman–Crippen MR) is 92.8 cm³/mol. The monoisotopic (exact) mass is 322 g/mol. The summed E-state index contributed by atoms with van der Waals surface area (Å²) in [6.07, 6.45) is 3.76. The van der Waals surface area contributed by atoms with Crippen molar-refractivity contribution in [2.24, 2.45) is 16.1 Å². The summed E-state index contributed by atoms with van der Waals surface area (Å²) < 4.78 is 0. The van der Waals surface area contributed by atoms with Gasteiger partial charge in [-0.3, -0.25) is 10.2 Å². The SMILES string of the molecule is CC(=NNc1ccc(C2=NNC(=O)CC2C)cc1)c1ccnnc1. The van der Waals surface area contributed by atoms with Crippen molar-refractivity contribution in [1.82, 2.24) is 15.6 Å². The molecule has 7 nitrogen and oxygen atoms in total. The Labute approximate surface area is 139 Å². The van der Waals surface area contributed by atoms with Crippen molar-refractivity contribution in [2.75, 3.05) is 5.43 Å². The summed E-state index contributed by atoms with van der Waals surface area (Å²) in [5, 5.41) is 16.1. The molecule has 1 aromatic heterocycles. The Kier molecular flexibility index (Phi) is 4.60. The van der Waals surface area contributed by atoms with Gasteiger partial charge < -0.3 is 0 Å². The van der Waals surface area contributed by atoms with E-state index in [0.29, 0.717) is 6.42 Å². The third-order valence-electron chi connectivity index (χ3n) is 3.79. The lowest BCUT2D eigenvalue weighted by Crippen LogP contribution is -2.31. The van der Waals surface area contributed by atoms with Crippen molar-refractivity contribution >= 4 is 23.0 Å². The average Bonchev–Trinajstić information content (AvgIpc) is 2.61. The first-order chi connectivity index (χ1) is 11.6. The molecular weight excluding hydrogens is 304 g/mol. The van der Waals surface area contributed by atoms with Crippen molar-refractivity contribution in [2.45, 2.75) is 20.3 Å². The number of hydrazone groups is 2. The third-order valence-corrected chi connectivity index (χ3v) is 3.79. The zero-order valence-electron chi connectivity index (χ0n) is 13.5. The lowest BCUT2D eigenvalue weighted by molar-refractivity contribution is -0.121. The van der Waals surface area contributed by atoms with Crippen LogP contribution in [-0.4, -0.2) is 27.5 Å². The predicted octanol–water partition coefficient (Wildman–Crippen LogP) is 2.17. The molecule has 0 saturated heterocycles. The molecule has 2 heterocycles. The van der Waals surface area contributed by atoms with Gasteiger partial charge in [0, 0.05) is 17.9 Å². The highest BCUT2D eigenvalue weighted by Crippen LogP contribution is 2.18. The summed E-state index contributed by atoms with van der Waals surface area (Å²) in [6, 6.07) is 9.65. The van der Waals surface area contributed by atoms with Gasteiger partial charge in [0.25, 0.3) is 0 Å². The van der Waals surface area contributed by atoms with Crippen molar-refractivity contribution in [3.8, 4) is 0 Å². The molecule has 0 saturated carbocycles. The number of hydrogen-bond donors (Lipinski definition) is 2. The molecule has 0 spiro atoms. The summed E-state index contributed by atoms with van der Waals surface area (Å²) >= 11 is 0. The van der Waals surface area contributed by atoms with E-state index in [0.717, 1.165) is 28.2 Å². The summed E-state index contributed by atoms with van der Waals surface area (Å²) in [5.41, 5.74) is 10.0. The standard InChI is InChI=1S/C17H18N6O/c1-11-9-16(24)22-23-17(11)13-3-5-15(6-4-13)21-20-12(2)14-7-8-18-19-10-14/h3-8,10-11,21H,9H2,1-2H3,(H,22,24). The minimum absolute atomic E-state index is 0.0417. The maximum atomic E-state index is 11.3. The zero-order chi connectivity index (χ0) is 16.9. The molecule has 24 heavy (non-hydrogen) atoms. The van der Waals surface area contributed by atoms with Gasteiger partial charge in [0.2, 0.25) is 5.91 Å². The first-order valence-electron chi connectivity index (χ1n) is 7.67. The van der Waals surface area contributed by atoms with Crippen molar-refractivity contribution in [3.05, 3.63) is 53.9 Å². The molecule has 1 aliphatic rings. The molecular formula is C17H18N6O. The highest BCUT2D eigenvalue weighted by Gasteiger charge is 2.21. The number of rotatable bonds is 4. The van der Waals surface area contributed by atoms with Crippen LogP contribution < -0.4 is 10.9 Å². The summed E-state index contributed by atoms with van der Waals surface area (Å²) in [7, 11) is 0. The molecule has 1 atom stereocenters. The number of aromatic nitrogens is 2. The van der Waals surface area contributed by atoms with E-state index in [1.807, 2.05) is 44.2 Å². The van der Waals surface area contributed by atoms with Crippen LogP contribution in [0, 0.1) is 5.92 Å². The first-order valence-corrected chi connectivity index (χ1v) is 7.67. The number of amides is 1. The highest BCUT2D eigenvalue weighted by molar-refractivity contribution is 6.05. The maximum absolute atomic E-state index is 11.3. The minimum Gasteiger partial charge on any atom is -0.278 e. The van der Waals surface area contributed by atoms with Crippen LogP contribution in [0.1, 0.15) is 31.4 Å². The molecule has 2 N–H and O–H groups in total. The second-order valence-electron chi connectivity index (χ2n) is 5.65. The van der Waals surface area contributed by atoms with E-state index < -0.39 is 0 Å². The van der Waals surface area contributed by atoms with Gasteiger partial charge in [-0.25, -0.2) is 5.43 Å². The molecule has 0 bridgehead atoms. The van der Waals surface area contributed by atoms with Crippen LogP contribution >= 0.6 is 0 Å². The van der Waals surface area contributed by atoms with Crippen molar-refractivity contribution in [1.29, 1.82) is 0 Å². The lowest BCUT2D eigenvalue weighted by atomic mass is 9.94. The number of hydrogen-bond acceptors (Lipinski definition) is 6. The van der Waals surface area contributed by atoms with Gasteiger partial charge >= 0.3 is 0 Å². The van der Waals surface area contributed by atoms with Crippen LogP contribution in [-0.2, 0) is 4.79 Å². The average molecular weight is 322 g/mol. The fourth-order valence-electron chi connectivity index (χ4n) is 2.44. The molecule has 122 valence electrons. The van der Waals surface area contributed by atoms with Gasteiger partial charge in [-0.2, -0.15) is 20.4 Å². The number of anilines is 1. The number of carbonyl (C=O) groups is 1. The number of nitrogens with one attached hydrogen (secondary N) is 2. The van der Waals surface area contributed by atoms with Gasteiger partial charge in [-0.1, -0.05) is 19.1 Å². The molecule has 7 heteroatoms. The normalized spacial score (nSPS) is 17.9. The van der Waals surface area contributed by atoms with Gasteiger partial charge in [0.1, 0.15) is 0 Å². The van der Waals surface area contributed by atoms with Crippen LogP contribution in [0.25, 0.3) is 0 Å². The fourth-order valence-corrected chi connectivity index (χ4v) is 2.44. The molecule has 2 aromatic rings. The Morgan fingerprint density at radius 2 is 2.04 bits per heavy atom. The summed E-state index contributed by atoms with van der Waals surface area (Å²) in [6.45, 7) is 3.90. The van der Waals surface area contributed by atoms with Gasteiger partial charge in [0.15, 0.2) is 0 Å². The van der Waals surface area contributed by atoms with Crippen LogP contribution in [0.15, 0.2) is 52.9 Å². The molecule has 1 unspecified atom stereocenters. The number of benzene rings is 1. The van der Waals surface area contributed by atoms with E-state index in [1.165, 1.54) is 0 Å². The lowest BCUT2D eigenvalue weighted by Gasteiger charge is -2.19. The molecule has 1 aromatic carbocycles. The first kappa shape index (κ1) is 15.8. The molecule has 1 amide bonds. The van der Waals surface area contributed by atoms with Crippen LogP contribution in [0.2, 0.25) is 0 Å². The van der Waals surface area contributed by atoms with Crippen LogP contribution in [0.4, 0.5) is 5.69 Å². The van der Waals surface area contributed by atoms with E-state index in [4.69, 9.17) is 0 Å². The topological polar surface area (TPSA) is 91.6 Å². The quantitative estimate of drug-likeness (QED) is 0.666. The molecule has 1 aliphatic heterocycles. The van der Waals surface area contributed by atoms with E-state index in [1.54, 1.807) is 12.4 Å². The minimum atomic E-state index is -0.0417. The fraction of sp³-hybridized carbons (Fsp3) is 0.235. The Morgan fingerprint density at radius 1 is 1.25 bits per heavy atom.